The molecular weight excluding hydrogens is 416 g/mol. The Morgan fingerprint density at radius 1 is 1.14 bits per heavy atom. The zero-order valence-corrected chi connectivity index (χ0v) is 17.3. The van der Waals surface area contributed by atoms with Crippen LogP contribution in [-0.2, 0) is 10.0 Å². The molecule has 2 aromatic carbocycles. The van der Waals surface area contributed by atoms with Crippen molar-refractivity contribution in [1.82, 2.24) is 10.2 Å². The molecule has 10 heteroatoms. The van der Waals surface area contributed by atoms with E-state index in [1.165, 1.54) is 0 Å². The molecule has 29 heavy (non-hydrogen) atoms. The Balaban J connectivity index is 1.71. The van der Waals surface area contributed by atoms with E-state index in [1.807, 2.05) is 13.8 Å². The molecule has 0 spiro atoms. The van der Waals surface area contributed by atoms with Gasteiger partial charge >= 0.3 is 0 Å². The topological polar surface area (TPSA) is 113 Å². The fourth-order valence-electron chi connectivity index (χ4n) is 2.42. The first kappa shape index (κ1) is 20.7. The summed E-state index contributed by atoms with van der Waals surface area (Å²) in [5, 5.41) is 9.06. The first-order valence-electron chi connectivity index (χ1n) is 8.67. The van der Waals surface area contributed by atoms with Gasteiger partial charge in [0.25, 0.3) is 15.9 Å². The Hall–Kier alpha value is -3.04. The highest BCUT2D eigenvalue weighted by molar-refractivity contribution is 7.92. The lowest BCUT2D eigenvalue weighted by atomic mass is 10.2. The van der Waals surface area contributed by atoms with Crippen LogP contribution < -0.4 is 14.8 Å². The molecule has 8 nitrogen and oxygen atoms in total. The maximum atomic E-state index is 12.5. The number of carbonyl (C=O) groups is 1. The number of benzene rings is 2. The van der Waals surface area contributed by atoms with E-state index in [4.69, 9.17) is 16.3 Å². The molecule has 0 bridgehead atoms. The van der Waals surface area contributed by atoms with Crippen molar-refractivity contribution < 1.29 is 17.9 Å². The average molecular weight is 435 g/mol. The normalized spacial score (nSPS) is 11.1. The minimum absolute atomic E-state index is 0.0752. The summed E-state index contributed by atoms with van der Waals surface area (Å²) in [6.45, 7) is 4.21. The van der Waals surface area contributed by atoms with Crippen LogP contribution in [0.2, 0.25) is 5.02 Å². The quantitative estimate of drug-likeness (QED) is 0.523. The molecule has 3 N–H and O–H groups in total. The maximum Gasteiger partial charge on any atom is 0.278 e. The number of aryl methyl sites for hydroxylation is 1. The molecule has 0 fully saturated rings. The van der Waals surface area contributed by atoms with Gasteiger partial charge in [-0.3, -0.25) is 14.6 Å². The second kappa shape index (κ2) is 8.54. The molecule has 0 radical (unpaired) electrons. The Labute approximate surface area is 173 Å². The van der Waals surface area contributed by atoms with Crippen molar-refractivity contribution in [2.24, 2.45) is 0 Å². The zero-order valence-electron chi connectivity index (χ0n) is 15.7. The number of ether oxygens (including phenoxy) is 1. The lowest BCUT2D eigenvalue weighted by molar-refractivity contribution is 0.102. The number of amides is 1. The number of hydrogen-bond acceptors (Lipinski definition) is 5. The molecule has 0 saturated carbocycles. The van der Waals surface area contributed by atoms with E-state index in [0.717, 1.165) is 11.6 Å². The van der Waals surface area contributed by atoms with E-state index >= 15 is 0 Å². The standard InChI is InChI=1S/C19H19ClN4O4S/c1-3-28-15-8-6-13(7-9-15)24-29(26,27)18-11-17(22-23-18)19(25)21-14-5-4-12(2)16(20)10-14/h4-11,24H,3H2,1-2H3,(H,21,25)(H,22,23). The van der Waals surface area contributed by atoms with E-state index in [1.54, 1.807) is 42.5 Å². The van der Waals surface area contributed by atoms with Gasteiger partial charge < -0.3 is 10.1 Å². The highest BCUT2D eigenvalue weighted by Gasteiger charge is 2.20. The van der Waals surface area contributed by atoms with Crippen LogP contribution in [0, 0.1) is 6.92 Å². The van der Waals surface area contributed by atoms with Gasteiger partial charge in [0.05, 0.1) is 6.61 Å². The van der Waals surface area contributed by atoms with Crippen LogP contribution in [0.25, 0.3) is 0 Å². The second-order valence-corrected chi connectivity index (χ2v) is 8.16. The molecule has 3 rings (SSSR count). The molecule has 0 saturated heterocycles. The van der Waals surface area contributed by atoms with Crippen molar-refractivity contribution in [2.75, 3.05) is 16.6 Å². The third-order valence-electron chi connectivity index (χ3n) is 3.92. The second-order valence-electron chi connectivity index (χ2n) is 6.10. The SMILES string of the molecule is CCOc1ccc(NS(=O)(=O)c2cc(C(=O)Nc3ccc(C)c(Cl)c3)n[nH]2)cc1. The molecule has 0 aliphatic rings. The van der Waals surface area contributed by atoms with Gasteiger partial charge in [-0.15, -0.1) is 0 Å². The molecule has 1 aromatic heterocycles. The van der Waals surface area contributed by atoms with E-state index in [9.17, 15) is 13.2 Å². The van der Waals surface area contributed by atoms with Crippen molar-refractivity contribution in [3.63, 3.8) is 0 Å². The number of nitrogens with one attached hydrogen (secondary N) is 3. The van der Waals surface area contributed by atoms with Gasteiger partial charge in [0, 0.05) is 22.5 Å². The van der Waals surface area contributed by atoms with Crippen molar-refractivity contribution >= 4 is 38.9 Å². The molecule has 0 atom stereocenters. The molecule has 0 unspecified atom stereocenters. The number of nitrogens with zero attached hydrogens (tertiary/aromatic N) is 1. The van der Waals surface area contributed by atoms with Crippen LogP contribution in [0.15, 0.2) is 53.6 Å². The predicted molar refractivity (Wildman–Crippen MR) is 111 cm³/mol. The summed E-state index contributed by atoms with van der Waals surface area (Å²) in [6, 6.07) is 12.7. The summed E-state index contributed by atoms with van der Waals surface area (Å²) >= 11 is 6.04. The van der Waals surface area contributed by atoms with Crippen molar-refractivity contribution in [2.45, 2.75) is 18.9 Å². The third kappa shape index (κ3) is 5.07. The Morgan fingerprint density at radius 3 is 2.48 bits per heavy atom. The van der Waals surface area contributed by atoms with Crippen LogP contribution in [0.1, 0.15) is 23.0 Å². The Bertz CT molecular complexity index is 1130. The lowest BCUT2D eigenvalue weighted by Gasteiger charge is -2.07. The third-order valence-corrected chi connectivity index (χ3v) is 5.62. The average Bonchev–Trinajstić information content (AvgIpc) is 3.18. The zero-order chi connectivity index (χ0) is 21.0. The summed E-state index contributed by atoms with van der Waals surface area (Å²) in [5.74, 6) is 0.0656. The van der Waals surface area contributed by atoms with Gasteiger partial charge in [-0.25, -0.2) is 0 Å². The Kier molecular flexibility index (Phi) is 6.09. The maximum absolute atomic E-state index is 12.5. The number of rotatable bonds is 7. The fourth-order valence-corrected chi connectivity index (χ4v) is 3.59. The van der Waals surface area contributed by atoms with Crippen molar-refractivity contribution in [1.29, 1.82) is 0 Å². The van der Waals surface area contributed by atoms with Crippen LogP contribution in [0.3, 0.4) is 0 Å². The van der Waals surface area contributed by atoms with E-state index < -0.39 is 15.9 Å². The van der Waals surface area contributed by atoms with Crippen LogP contribution in [0.4, 0.5) is 11.4 Å². The predicted octanol–water partition coefficient (Wildman–Crippen LogP) is 3.82. The molecule has 1 heterocycles. The minimum atomic E-state index is -3.95. The van der Waals surface area contributed by atoms with Gasteiger partial charge in [0.15, 0.2) is 10.7 Å². The number of hydrogen-bond donors (Lipinski definition) is 3. The van der Waals surface area contributed by atoms with Gasteiger partial charge in [-0.1, -0.05) is 17.7 Å². The smallest absolute Gasteiger partial charge is 0.278 e. The number of H-pyrrole nitrogens is 1. The summed E-state index contributed by atoms with van der Waals surface area (Å²) in [6.07, 6.45) is 0. The van der Waals surface area contributed by atoms with E-state index in [-0.39, 0.29) is 10.7 Å². The largest absolute Gasteiger partial charge is 0.494 e. The molecule has 0 aliphatic heterocycles. The number of anilines is 2. The number of aromatic amines is 1. The molecule has 3 aromatic rings. The summed E-state index contributed by atoms with van der Waals surface area (Å²) in [5.41, 5.74) is 1.63. The first-order valence-corrected chi connectivity index (χ1v) is 10.5. The van der Waals surface area contributed by atoms with Gasteiger partial charge in [-0.05, 0) is 55.8 Å². The van der Waals surface area contributed by atoms with Gasteiger partial charge in [0.1, 0.15) is 5.75 Å². The highest BCUT2D eigenvalue weighted by atomic mass is 35.5. The molecule has 152 valence electrons. The minimum Gasteiger partial charge on any atom is -0.494 e. The van der Waals surface area contributed by atoms with Crippen molar-refractivity contribution in [3.05, 3.63) is 64.8 Å². The number of aromatic nitrogens is 2. The van der Waals surface area contributed by atoms with E-state index in [0.29, 0.717) is 28.8 Å². The number of sulfonamides is 1. The summed E-state index contributed by atoms with van der Waals surface area (Å²) in [4.78, 5) is 12.3. The summed E-state index contributed by atoms with van der Waals surface area (Å²) < 4.78 is 32.8. The van der Waals surface area contributed by atoms with Crippen LogP contribution >= 0.6 is 11.6 Å². The number of halogens is 1. The first-order chi connectivity index (χ1) is 13.8. The van der Waals surface area contributed by atoms with Crippen molar-refractivity contribution in [3.8, 4) is 5.75 Å². The Morgan fingerprint density at radius 2 is 1.83 bits per heavy atom. The highest BCUT2D eigenvalue weighted by Crippen LogP contribution is 2.21. The molecular formula is C19H19ClN4O4S. The monoisotopic (exact) mass is 434 g/mol. The number of carbonyl (C=O) groups excluding carboxylic acids is 1. The lowest BCUT2D eigenvalue weighted by Crippen LogP contribution is -2.14. The molecule has 0 aliphatic carbocycles. The summed E-state index contributed by atoms with van der Waals surface area (Å²) in [7, 11) is -3.95. The molecule has 1 amide bonds. The van der Waals surface area contributed by atoms with Gasteiger partial charge in [0.2, 0.25) is 0 Å². The van der Waals surface area contributed by atoms with Gasteiger partial charge in [-0.2, -0.15) is 13.5 Å². The van der Waals surface area contributed by atoms with E-state index in [2.05, 4.69) is 20.2 Å². The van der Waals surface area contributed by atoms with Crippen LogP contribution in [-0.4, -0.2) is 31.1 Å². The van der Waals surface area contributed by atoms with Crippen LogP contribution in [0.5, 0.6) is 5.75 Å². The fraction of sp³-hybridized carbons (Fsp3) is 0.158.